The number of pyridine rings is 1. The Kier molecular flexibility index (Phi) is 5.23. The summed E-state index contributed by atoms with van der Waals surface area (Å²) in [7, 11) is 0. The molecule has 0 aromatic carbocycles. The molecule has 148 valence electrons. The Morgan fingerprint density at radius 2 is 1.89 bits per heavy atom. The Bertz CT molecular complexity index is 1000. The maximum atomic E-state index is 12.3. The van der Waals surface area contributed by atoms with E-state index in [1.807, 2.05) is 18.2 Å². The molecule has 0 N–H and O–H groups in total. The zero-order valence-electron chi connectivity index (χ0n) is 16.6. The summed E-state index contributed by atoms with van der Waals surface area (Å²) in [5.41, 5.74) is 1.47. The highest BCUT2D eigenvalue weighted by molar-refractivity contribution is 5.37. The van der Waals surface area contributed by atoms with Crippen LogP contribution in [-0.4, -0.2) is 55.5 Å². The summed E-state index contributed by atoms with van der Waals surface area (Å²) in [6.07, 6.45) is 1.75. The third-order valence-corrected chi connectivity index (χ3v) is 5.30. The number of fused-ring (bicyclic) bond motifs is 1. The van der Waals surface area contributed by atoms with Gasteiger partial charge in [-0.2, -0.15) is 4.98 Å². The van der Waals surface area contributed by atoms with E-state index in [9.17, 15) is 4.79 Å². The lowest BCUT2D eigenvalue weighted by Gasteiger charge is -2.36. The summed E-state index contributed by atoms with van der Waals surface area (Å²) < 4.78 is 7.02. The van der Waals surface area contributed by atoms with Gasteiger partial charge in [-0.1, -0.05) is 25.1 Å². The summed E-state index contributed by atoms with van der Waals surface area (Å²) in [5, 5.41) is 4.07. The summed E-state index contributed by atoms with van der Waals surface area (Å²) in [4.78, 5) is 26.1. The van der Waals surface area contributed by atoms with Crippen LogP contribution in [0.15, 0.2) is 39.8 Å². The zero-order valence-corrected chi connectivity index (χ0v) is 16.6. The van der Waals surface area contributed by atoms with Gasteiger partial charge in [0.25, 0.3) is 5.56 Å². The molecule has 0 radical (unpaired) electrons. The van der Waals surface area contributed by atoms with E-state index in [1.165, 1.54) is 0 Å². The Hall–Kier alpha value is -2.58. The van der Waals surface area contributed by atoms with Crippen molar-refractivity contribution in [1.29, 1.82) is 0 Å². The molecule has 3 aromatic rings. The van der Waals surface area contributed by atoms with Crippen molar-refractivity contribution in [2.24, 2.45) is 0 Å². The molecule has 4 rings (SSSR count). The molecule has 1 saturated heterocycles. The van der Waals surface area contributed by atoms with E-state index in [2.05, 4.69) is 45.7 Å². The Morgan fingerprint density at radius 1 is 1.11 bits per heavy atom. The number of nitrogens with zero attached hydrogens (tertiary/aromatic N) is 6. The van der Waals surface area contributed by atoms with Gasteiger partial charge in [0.1, 0.15) is 5.65 Å². The molecule has 1 atom stereocenters. The molecule has 0 aliphatic carbocycles. The monoisotopic (exact) mass is 382 g/mol. The first-order valence-electron chi connectivity index (χ1n) is 9.78. The zero-order chi connectivity index (χ0) is 19.7. The molecule has 1 aliphatic heterocycles. The van der Waals surface area contributed by atoms with Gasteiger partial charge >= 0.3 is 0 Å². The lowest BCUT2D eigenvalue weighted by atomic mass is 10.2. The third-order valence-electron chi connectivity index (χ3n) is 5.30. The number of hydrogen-bond donors (Lipinski definition) is 0. The molecule has 0 unspecified atom stereocenters. The minimum absolute atomic E-state index is 0.0368. The van der Waals surface area contributed by atoms with Crippen LogP contribution in [0.1, 0.15) is 50.1 Å². The van der Waals surface area contributed by atoms with Crippen molar-refractivity contribution in [1.82, 2.24) is 29.3 Å². The average molecular weight is 382 g/mol. The Morgan fingerprint density at radius 3 is 2.61 bits per heavy atom. The smallest absolute Gasteiger partial charge is 0.258 e. The van der Waals surface area contributed by atoms with E-state index >= 15 is 0 Å². The van der Waals surface area contributed by atoms with Crippen molar-refractivity contribution < 1.29 is 4.52 Å². The van der Waals surface area contributed by atoms with Crippen LogP contribution in [0.25, 0.3) is 5.65 Å². The lowest BCUT2D eigenvalue weighted by Crippen LogP contribution is -2.46. The van der Waals surface area contributed by atoms with Crippen LogP contribution in [0, 0.1) is 0 Å². The quantitative estimate of drug-likeness (QED) is 0.668. The van der Waals surface area contributed by atoms with Gasteiger partial charge in [-0.05, 0) is 19.1 Å². The first kappa shape index (κ1) is 18.8. The van der Waals surface area contributed by atoms with Crippen molar-refractivity contribution in [3.63, 3.8) is 0 Å². The summed E-state index contributed by atoms with van der Waals surface area (Å²) in [5.74, 6) is 1.70. The lowest BCUT2D eigenvalue weighted by molar-refractivity contribution is 0.0839. The third kappa shape index (κ3) is 3.83. The van der Waals surface area contributed by atoms with Crippen LogP contribution >= 0.6 is 0 Å². The highest BCUT2D eigenvalue weighted by atomic mass is 16.5. The predicted octanol–water partition coefficient (Wildman–Crippen LogP) is 2.08. The van der Waals surface area contributed by atoms with E-state index in [0.717, 1.165) is 37.7 Å². The normalized spacial score (nSPS) is 17.4. The fraction of sp³-hybridized carbons (Fsp3) is 0.500. The first-order valence-corrected chi connectivity index (χ1v) is 9.78. The molecule has 28 heavy (non-hydrogen) atoms. The van der Waals surface area contributed by atoms with Gasteiger partial charge in [0.15, 0.2) is 5.82 Å². The van der Waals surface area contributed by atoms with Crippen molar-refractivity contribution in [3.05, 3.63) is 58.2 Å². The van der Waals surface area contributed by atoms with E-state index < -0.39 is 0 Å². The van der Waals surface area contributed by atoms with Crippen LogP contribution in [0.5, 0.6) is 0 Å². The molecule has 8 heteroatoms. The second-order valence-electron chi connectivity index (χ2n) is 7.65. The van der Waals surface area contributed by atoms with Gasteiger partial charge in [-0.25, -0.2) is 4.98 Å². The fourth-order valence-corrected chi connectivity index (χ4v) is 3.53. The van der Waals surface area contributed by atoms with Gasteiger partial charge in [0.2, 0.25) is 5.89 Å². The highest BCUT2D eigenvalue weighted by Gasteiger charge is 2.26. The molecule has 0 amide bonds. The summed E-state index contributed by atoms with van der Waals surface area (Å²) in [6.45, 7) is 10.5. The van der Waals surface area contributed by atoms with Gasteiger partial charge in [0, 0.05) is 50.9 Å². The maximum Gasteiger partial charge on any atom is 0.258 e. The molecule has 4 heterocycles. The van der Waals surface area contributed by atoms with Gasteiger partial charge in [-0.15, -0.1) is 0 Å². The largest absolute Gasteiger partial charge is 0.338 e. The standard InChI is InChI=1S/C20H26N6O2/c1-14(2)19-22-20(28-23-19)15(3)25-10-8-24(9-11-25)13-16-12-18(27)26-7-5-4-6-17(26)21-16/h4-7,12,14-15H,8-11,13H2,1-3H3/t15-/m1/s1. The Balaban J connectivity index is 1.38. The van der Waals surface area contributed by atoms with Crippen molar-refractivity contribution in [2.75, 3.05) is 26.2 Å². The maximum absolute atomic E-state index is 12.3. The molecule has 0 spiro atoms. The van der Waals surface area contributed by atoms with Gasteiger partial charge < -0.3 is 4.52 Å². The van der Waals surface area contributed by atoms with E-state index in [4.69, 9.17) is 4.52 Å². The topological polar surface area (TPSA) is 79.8 Å². The second kappa shape index (κ2) is 7.81. The van der Waals surface area contributed by atoms with Gasteiger partial charge in [0.05, 0.1) is 11.7 Å². The first-order chi connectivity index (χ1) is 13.5. The molecule has 1 aliphatic rings. The molecule has 1 fully saturated rings. The molecular formula is C20H26N6O2. The van der Waals surface area contributed by atoms with Crippen molar-refractivity contribution >= 4 is 5.65 Å². The minimum Gasteiger partial charge on any atom is -0.338 e. The fourth-order valence-electron chi connectivity index (χ4n) is 3.53. The number of piperazine rings is 1. The molecule has 3 aromatic heterocycles. The van der Waals surface area contributed by atoms with Crippen molar-refractivity contribution in [2.45, 2.75) is 39.3 Å². The number of aromatic nitrogens is 4. The average Bonchev–Trinajstić information content (AvgIpc) is 3.19. The highest BCUT2D eigenvalue weighted by Crippen LogP contribution is 2.22. The minimum atomic E-state index is -0.0368. The SMILES string of the molecule is CC(C)c1noc([C@@H](C)N2CCN(Cc3cc(=O)n4ccccc4n3)CC2)n1. The van der Waals surface area contributed by atoms with E-state index in [-0.39, 0.29) is 17.5 Å². The molecule has 8 nitrogen and oxygen atoms in total. The van der Waals surface area contributed by atoms with Crippen LogP contribution in [0.2, 0.25) is 0 Å². The van der Waals surface area contributed by atoms with Gasteiger partial charge in [-0.3, -0.25) is 19.0 Å². The Labute approximate surface area is 163 Å². The van der Waals surface area contributed by atoms with Crippen LogP contribution in [0.4, 0.5) is 0 Å². The van der Waals surface area contributed by atoms with Crippen LogP contribution in [0.3, 0.4) is 0 Å². The van der Waals surface area contributed by atoms with Crippen molar-refractivity contribution in [3.8, 4) is 0 Å². The summed E-state index contributed by atoms with van der Waals surface area (Å²) >= 11 is 0. The van der Waals surface area contributed by atoms with Crippen LogP contribution in [-0.2, 0) is 6.54 Å². The van der Waals surface area contributed by atoms with Crippen LogP contribution < -0.4 is 5.56 Å². The number of rotatable bonds is 5. The number of hydrogen-bond acceptors (Lipinski definition) is 7. The second-order valence-corrected chi connectivity index (χ2v) is 7.65. The summed E-state index contributed by atoms with van der Waals surface area (Å²) in [6, 6.07) is 7.33. The van der Waals surface area contributed by atoms with E-state index in [0.29, 0.717) is 18.1 Å². The predicted molar refractivity (Wildman–Crippen MR) is 105 cm³/mol. The van der Waals surface area contributed by atoms with E-state index in [1.54, 1.807) is 16.7 Å². The molecular weight excluding hydrogens is 356 g/mol. The molecule has 0 saturated carbocycles. The molecule has 0 bridgehead atoms.